The molecular weight excluding hydrogens is 236 g/mol. The van der Waals surface area contributed by atoms with Crippen LogP contribution in [0.15, 0.2) is 0 Å². The third-order valence-corrected chi connectivity index (χ3v) is 4.85. The molecule has 2 atom stereocenters. The molecule has 0 aromatic rings. The highest BCUT2D eigenvalue weighted by atomic mass is 16.1. The quantitative estimate of drug-likeness (QED) is 0.805. The monoisotopic (exact) mass is 268 g/mol. The van der Waals surface area contributed by atoms with Gasteiger partial charge in [-0.25, -0.2) is 0 Å². The molecule has 1 fully saturated rings. The first kappa shape index (κ1) is 16.5. The highest BCUT2D eigenvalue weighted by molar-refractivity contribution is 5.80. The highest BCUT2D eigenvalue weighted by Crippen LogP contribution is 2.40. The summed E-state index contributed by atoms with van der Waals surface area (Å²) in [6, 6.07) is 0.216. The molecule has 3 nitrogen and oxygen atoms in total. The normalized spacial score (nSPS) is 27.8. The van der Waals surface area contributed by atoms with E-state index < -0.39 is 0 Å². The Morgan fingerprint density at radius 2 is 1.79 bits per heavy atom. The zero-order chi connectivity index (χ0) is 14.6. The first-order chi connectivity index (χ1) is 8.75. The Hall–Kier alpha value is -0.570. The van der Waals surface area contributed by atoms with Gasteiger partial charge in [0.2, 0.25) is 5.91 Å². The molecular formula is C16H32N2O. The first-order valence-electron chi connectivity index (χ1n) is 7.81. The lowest BCUT2D eigenvalue weighted by Crippen LogP contribution is -2.50. The van der Waals surface area contributed by atoms with Crippen molar-refractivity contribution >= 4 is 5.91 Å². The molecule has 0 aromatic carbocycles. The molecule has 0 aromatic heterocycles. The van der Waals surface area contributed by atoms with Crippen molar-refractivity contribution in [1.82, 2.24) is 5.32 Å². The van der Waals surface area contributed by atoms with E-state index in [0.717, 1.165) is 25.2 Å². The number of hydrogen-bond donors (Lipinski definition) is 2. The maximum atomic E-state index is 11.7. The van der Waals surface area contributed by atoms with Crippen LogP contribution in [-0.4, -0.2) is 18.0 Å². The van der Waals surface area contributed by atoms with Gasteiger partial charge in [0, 0.05) is 6.04 Å². The van der Waals surface area contributed by atoms with Crippen LogP contribution in [0.25, 0.3) is 0 Å². The second-order valence-corrected chi connectivity index (χ2v) is 7.33. The summed E-state index contributed by atoms with van der Waals surface area (Å²) in [6.07, 6.45) is 5.72. The molecule has 1 aliphatic rings. The van der Waals surface area contributed by atoms with Gasteiger partial charge < -0.3 is 11.1 Å². The number of hydrogen-bond acceptors (Lipinski definition) is 2. The van der Waals surface area contributed by atoms with E-state index >= 15 is 0 Å². The van der Waals surface area contributed by atoms with Gasteiger partial charge >= 0.3 is 0 Å². The maximum absolute atomic E-state index is 11.7. The molecule has 3 heteroatoms. The summed E-state index contributed by atoms with van der Waals surface area (Å²) in [5, 5.41) is 3.41. The molecule has 1 aliphatic carbocycles. The van der Waals surface area contributed by atoms with Crippen molar-refractivity contribution in [3.05, 3.63) is 0 Å². The Morgan fingerprint density at radius 3 is 2.16 bits per heavy atom. The van der Waals surface area contributed by atoms with Gasteiger partial charge in [-0.05, 0) is 56.3 Å². The summed E-state index contributed by atoms with van der Waals surface area (Å²) < 4.78 is 0. The number of nitrogens with two attached hydrogens (primary N) is 1. The first-order valence-corrected chi connectivity index (χ1v) is 7.81. The Morgan fingerprint density at radius 1 is 1.26 bits per heavy atom. The number of rotatable bonds is 5. The van der Waals surface area contributed by atoms with Crippen LogP contribution in [-0.2, 0) is 4.79 Å². The van der Waals surface area contributed by atoms with E-state index in [2.05, 4.69) is 39.9 Å². The summed E-state index contributed by atoms with van der Waals surface area (Å²) in [6.45, 7) is 11.2. The van der Waals surface area contributed by atoms with Gasteiger partial charge in [-0.2, -0.15) is 0 Å². The van der Waals surface area contributed by atoms with Crippen LogP contribution < -0.4 is 11.1 Å². The maximum Gasteiger partial charge on any atom is 0.234 e. The molecule has 2 unspecified atom stereocenters. The van der Waals surface area contributed by atoms with Crippen molar-refractivity contribution in [2.45, 2.75) is 78.8 Å². The van der Waals surface area contributed by atoms with Crippen LogP contribution in [0.3, 0.4) is 0 Å². The van der Waals surface area contributed by atoms with Crippen molar-refractivity contribution < 1.29 is 4.79 Å². The van der Waals surface area contributed by atoms with E-state index in [1.54, 1.807) is 0 Å². The third-order valence-electron chi connectivity index (χ3n) is 4.85. The fourth-order valence-corrected chi connectivity index (χ4v) is 3.19. The van der Waals surface area contributed by atoms with Crippen LogP contribution in [0.1, 0.15) is 66.7 Å². The minimum Gasteiger partial charge on any atom is -0.368 e. The van der Waals surface area contributed by atoms with Crippen molar-refractivity contribution in [3.8, 4) is 0 Å². The summed E-state index contributed by atoms with van der Waals surface area (Å²) in [5.41, 5.74) is 5.98. The minimum atomic E-state index is -0.181. The standard InChI is InChI=1S/C16H32N2O/c1-6-11(2)18-14(15(17)19)12-7-9-13(10-8-12)16(3,4)5/h11-14,18H,6-10H2,1-5H3,(H2,17,19). The SMILES string of the molecule is CCC(C)NC(C(N)=O)C1CCC(C(C)(C)C)CC1. The van der Waals surface area contributed by atoms with E-state index in [-0.39, 0.29) is 11.9 Å². The van der Waals surface area contributed by atoms with Gasteiger partial charge in [0.15, 0.2) is 0 Å². The van der Waals surface area contributed by atoms with Crippen molar-refractivity contribution in [2.75, 3.05) is 0 Å². The predicted octanol–water partition coefficient (Wildman–Crippen LogP) is 3.08. The zero-order valence-electron chi connectivity index (χ0n) is 13.3. The Bertz CT molecular complexity index is 288. The lowest BCUT2D eigenvalue weighted by Gasteiger charge is -2.39. The topological polar surface area (TPSA) is 55.1 Å². The Balaban J connectivity index is 2.57. The molecule has 0 heterocycles. The van der Waals surface area contributed by atoms with Crippen LogP contribution in [0.2, 0.25) is 0 Å². The Labute approximate surface area is 118 Å². The van der Waals surface area contributed by atoms with E-state index in [0.29, 0.717) is 17.4 Å². The summed E-state index contributed by atoms with van der Waals surface area (Å²) in [7, 11) is 0. The second-order valence-electron chi connectivity index (χ2n) is 7.33. The van der Waals surface area contributed by atoms with Crippen molar-refractivity contribution in [1.29, 1.82) is 0 Å². The van der Waals surface area contributed by atoms with Crippen LogP contribution in [0.4, 0.5) is 0 Å². The molecule has 0 bridgehead atoms. The molecule has 0 radical (unpaired) electrons. The molecule has 1 rings (SSSR count). The zero-order valence-corrected chi connectivity index (χ0v) is 13.3. The fourth-order valence-electron chi connectivity index (χ4n) is 3.19. The fraction of sp³-hybridized carbons (Fsp3) is 0.938. The highest BCUT2D eigenvalue weighted by Gasteiger charge is 2.35. The largest absolute Gasteiger partial charge is 0.368 e. The van der Waals surface area contributed by atoms with Gasteiger partial charge in [0.1, 0.15) is 0 Å². The van der Waals surface area contributed by atoms with Gasteiger partial charge in [0.25, 0.3) is 0 Å². The molecule has 112 valence electrons. The summed E-state index contributed by atoms with van der Waals surface area (Å²) in [4.78, 5) is 11.7. The lowest BCUT2D eigenvalue weighted by atomic mass is 9.68. The Kier molecular flexibility index (Phi) is 5.84. The molecule has 0 aliphatic heterocycles. The molecule has 0 saturated heterocycles. The van der Waals surface area contributed by atoms with E-state index in [1.165, 1.54) is 12.8 Å². The number of nitrogens with one attached hydrogen (secondary N) is 1. The van der Waals surface area contributed by atoms with E-state index in [1.807, 2.05) is 0 Å². The number of carbonyl (C=O) groups excluding carboxylic acids is 1. The molecule has 3 N–H and O–H groups in total. The number of amides is 1. The number of carbonyl (C=O) groups is 1. The van der Waals surface area contributed by atoms with Crippen LogP contribution >= 0.6 is 0 Å². The van der Waals surface area contributed by atoms with Crippen molar-refractivity contribution in [2.24, 2.45) is 23.0 Å². The molecule has 1 amide bonds. The molecule has 1 saturated carbocycles. The van der Waals surface area contributed by atoms with Gasteiger partial charge in [0.05, 0.1) is 6.04 Å². The van der Waals surface area contributed by atoms with Crippen LogP contribution in [0, 0.1) is 17.3 Å². The average molecular weight is 268 g/mol. The van der Waals surface area contributed by atoms with E-state index in [4.69, 9.17) is 5.73 Å². The minimum absolute atomic E-state index is 0.143. The average Bonchev–Trinajstić information content (AvgIpc) is 2.34. The van der Waals surface area contributed by atoms with Gasteiger partial charge in [-0.15, -0.1) is 0 Å². The second kappa shape index (κ2) is 6.74. The molecule has 0 spiro atoms. The van der Waals surface area contributed by atoms with Crippen molar-refractivity contribution in [3.63, 3.8) is 0 Å². The predicted molar refractivity (Wildman–Crippen MR) is 80.8 cm³/mol. The molecule has 19 heavy (non-hydrogen) atoms. The lowest BCUT2D eigenvalue weighted by molar-refractivity contribution is -0.122. The smallest absolute Gasteiger partial charge is 0.234 e. The van der Waals surface area contributed by atoms with Gasteiger partial charge in [-0.3, -0.25) is 4.79 Å². The number of primary amides is 1. The van der Waals surface area contributed by atoms with Crippen LogP contribution in [0.5, 0.6) is 0 Å². The summed E-state index contributed by atoms with van der Waals surface area (Å²) in [5.74, 6) is 1.02. The summed E-state index contributed by atoms with van der Waals surface area (Å²) >= 11 is 0. The third kappa shape index (κ3) is 4.79. The van der Waals surface area contributed by atoms with E-state index in [9.17, 15) is 4.79 Å². The van der Waals surface area contributed by atoms with Gasteiger partial charge in [-0.1, -0.05) is 27.7 Å².